The molecule has 0 saturated heterocycles. The maximum absolute atomic E-state index is 13.3. The fourth-order valence-corrected chi connectivity index (χ4v) is 2.07. The summed E-state index contributed by atoms with van der Waals surface area (Å²) in [5.74, 6) is -0.318. The van der Waals surface area contributed by atoms with Crippen molar-refractivity contribution in [1.29, 1.82) is 5.26 Å². The number of anilines is 1. The van der Waals surface area contributed by atoms with Gasteiger partial charge in [-0.15, -0.1) is 0 Å². The molecule has 0 radical (unpaired) electrons. The summed E-state index contributed by atoms with van der Waals surface area (Å²) in [5.41, 5.74) is 2.98. The highest BCUT2D eigenvalue weighted by Gasteiger charge is 2.16. The van der Waals surface area contributed by atoms with Crippen molar-refractivity contribution in [3.05, 3.63) is 47.0 Å². The number of nitrogens with zero attached hydrogens (tertiary/aromatic N) is 3. The Morgan fingerprint density at radius 2 is 2.11 bits per heavy atom. The molecule has 1 atom stereocenters. The van der Waals surface area contributed by atoms with Gasteiger partial charge in [0.05, 0.1) is 11.8 Å². The van der Waals surface area contributed by atoms with Gasteiger partial charge in [-0.2, -0.15) is 10.4 Å². The van der Waals surface area contributed by atoms with E-state index in [1.807, 2.05) is 13.8 Å². The van der Waals surface area contributed by atoms with Crippen molar-refractivity contribution in [1.82, 2.24) is 9.78 Å². The van der Waals surface area contributed by atoms with Crippen LogP contribution in [0.1, 0.15) is 22.9 Å². The minimum absolute atomic E-state index is 0.318. The molecule has 4 nitrogen and oxygen atoms in total. The molecule has 0 aliphatic carbocycles. The molecule has 1 unspecified atom stereocenters. The van der Waals surface area contributed by atoms with Gasteiger partial charge in [0.1, 0.15) is 11.9 Å². The normalized spacial score (nSPS) is 11.9. The van der Waals surface area contributed by atoms with Gasteiger partial charge in [0, 0.05) is 24.5 Å². The Labute approximate surface area is 111 Å². The molecule has 0 fully saturated rings. The van der Waals surface area contributed by atoms with Gasteiger partial charge in [-0.1, -0.05) is 0 Å². The maximum Gasteiger partial charge on any atom is 0.143 e. The molecular formula is C14H15FN4. The molecule has 1 heterocycles. The lowest BCUT2D eigenvalue weighted by atomic mass is 10.1. The number of aryl methyl sites for hydroxylation is 3. The molecule has 0 amide bonds. The zero-order valence-electron chi connectivity index (χ0n) is 11.1. The van der Waals surface area contributed by atoms with Crippen LogP contribution in [0.3, 0.4) is 0 Å². The molecule has 98 valence electrons. The van der Waals surface area contributed by atoms with Gasteiger partial charge >= 0.3 is 0 Å². The first-order valence-corrected chi connectivity index (χ1v) is 5.93. The third kappa shape index (κ3) is 2.91. The van der Waals surface area contributed by atoms with Crippen LogP contribution >= 0.6 is 0 Å². The standard InChI is InChI=1S/C14H15FN4/c1-9-4-11(15)6-12(5-9)17-14(7-16)13-8-19(3)18-10(13)2/h4-6,8,14,17H,1-3H3. The average molecular weight is 258 g/mol. The first kappa shape index (κ1) is 13.1. The summed E-state index contributed by atoms with van der Waals surface area (Å²) in [7, 11) is 1.80. The fraction of sp³-hybridized carbons (Fsp3) is 0.286. The quantitative estimate of drug-likeness (QED) is 0.921. The lowest BCUT2D eigenvalue weighted by Gasteiger charge is -2.13. The second kappa shape index (κ2) is 5.11. The molecule has 2 rings (SSSR count). The van der Waals surface area contributed by atoms with E-state index in [1.165, 1.54) is 12.1 Å². The van der Waals surface area contributed by atoms with Crippen LogP contribution in [0.2, 0.25) is 0 Å². The summed E-state index contributed by atoms with van der Waals surface area (Å²) in [6.45, 7) is 3.66. The van der Waals surface area contributed by atoms with Crippen LogP contribution in [0.5, 0.6) is 0 Å². The van der Waals surface area contributed by atoms with E-state index in [0.717, 1.165) is 16.8 Å². The van der Waals surface area contributed by atoms with Crippen LogP contribution < -0.4 is 5.32 Å². The molecule has 5 heteroatoms. The van der Waals surface area contributed by atoms with Gasteiger partial charge in [0.25, 0.3) is 0 Å². The zero-order valence-corrected chi connectivity index (χ0v) is 11.1. The molecule has 1 aromatic heterocycles. The predicted molar refractivity (Wildman–Crippen MR) is 71.1 cm³/mol. The molecule has 0 spiro atoms. The van der Waals surface area contributed by atoms with Gasteiger partial charge in [-0.05, 0) is 37.6 Å². The third-order valence-corrected chi connectivity index (χ3v) is 2.84. The lowest BCUT2D eigenvalue weighted by Crippen LogP contribution is -2.09. The average Bonchev–Trinajstić information content (AvgIpc) is 2.64. The summed E-state index contributed by atoms with van der Waals surface area (Å²) < 4.78 is 15.0. The highest BCUT2D eigenvalue weighted by Crippen LogP contribution is 2.22. The van der Waals surface area contributed by atoms with E-state index in [2.05, 4.69) is 16.5 Å². The Kier molecular flexibility index (Phi) is 3.52. The Morgan fingerprint density at radius 1 is 1.37 bits per heavy atom. The predicted octanol–water partition coefficient (Wildman–Crippen LogP) is 2.85. The number of nitriles is 1. The SMILES string of the molecule is Cc1cc(F)cc(NC(C#N)c2cn(C)nc2C)c1. The first-order valence-electron chi connectivity index (χ1n) is 5.93. The number of aromatic nitrogens is 2. The molecule has 19 heavy (non-hydrogen) atoms. The number of hydrogen-bond acceptors (Lipinski definition) is 3. The Morgan fingerprint density at radius 3 is 2.63 bits per heavy atom. The van der Waals surface area contributed by atoms with Crippen LogP contribution in [0.15, 0.2) is 24.4 Å². The van der Waals surface area contributed by atoms with E-state index >= 15 is 0 Å². The van der Waals surface area contributed by atoms with Gasteiger partial charge in [-0.3, -0.25) is 4.68 Å². The van der Waals surface area contributed by atoms with E-state index in [-0.39, 0.29) is 5.82 Å². The topological polar surface area (TPSA) is 53.6 Å². The lowest BCUT2D eigenvalue weighted by molar-refractivity contribution is 0.627. The van der Waals surface area contributed by atoms with Crippen molar-refractivity contribution in [2.24, 2.45) is 7.05 Å². The number of nitrogens with one attached hydrogen (secondary N) is 1. The molecule has 0 aliphatic heterocycles. The molecule has 1 aromatic carbocycles. The number of hydrogen-bond donors (Lipinski definition) is 1. The summed E-state index contributed by atoms with van der Waals surface area (Å²) in [5, 5.41) is 16.5. The fourth-order valence-electron chi connectivity index (χ4n) is 2.07. The zero-order chi connectivity index (χ0) is 14.0. The summed E-state index contributed by atoms with van der Waals surface area (Å²) in [6, 6.07) is 6.26. The van der Waals surface area contributed by atoms with E-state index in [1.54, 1.807) is 24.0 Å². The second-order valence-corrected chi connectivity index (χ2v) is 4.57. The van der Waals surface area contributed by atoms with Crippen LogP contribution in [0, 0.1) is 31.0 Å². The van der Waals surface area contributed by atoms with Crippen molar-refractivity contribution in [3.8, 4) is 6.07 Å². The highest BCUT2D eigenvalue weighted by molar-refractivity contribution is 5.50. The van der Waals surface area contributed by atoms with Crippen LogP contribution in [-0.2, 0) is 7.05 Å². The third-order valence-electron chi connectivity index (χ3n) is 2.84. The van der Waals surface area contributed by atoms with Gasteiger partial charge in [0.2, 0.25) is 0 Å². The molecule has 0 bridgehead atoms. The van der Waals surface area contributed by atoms with Gasteiger partial charge in [0.15, 0.2) is 0 Å². The Balaban J connectivity index is 2.29. The molecule has 0 saturated carbocycles. The molecule has 0 aliphatic rings. The van der Waals surface area contributed by atoms with Crippen molar-refractivity contribution in [2.75, 3.05) is 5.32 Å². The minimum Gasteiger partial charge on any atom is -0.366 e. The van der Waals surface area contributed by atoms with Crippen molar-refractivity contribution in [2.45, 2.75) is 19.9 Å². The van der Waals surface area contributed by atoms with E-state index in [9.17, 15) is 9.65 Å². The highest BCUT2D eigenvalue weighted by atomic mass is 19.1. The summed E-state index contributed by atoms with van der Waals surface area (Å²) in [6.07, 6.45) is 1.79. The Hall–Kier alpha value is -2.35. The summed E-state index contributed by atoms with van der Waals surface area (Å²) in [4.78, 5) is 0. The smallest absolute Gasteiger partial charge is 0.143 e. The number of benzene rings is 1. The second-order valence-electron chi connectivity index (χ2n) is 4.57. The monoisotopic (exact) mass is 258 g/mol. The largest absolute Gasteiger partial charge is 0.366 e. The van der Waals surface area contributed by atoms with Crippen molar-refractivity contribution in [3.63, 3.8) is 0 Å². The first-order chi connectivity index (χ1) is 8.99. The van der Waals surface area contributed by atoms with E-state index < -0.39 is 6.04 Å². The van der Waals surface area contributed by atoms with Gasteiger partial charge in [-0.25, -0.2) is 4.39 Å². The number of rotatable bonds is 3. The van der Waals surface area contributed by atoms with E-state index in [4.69, 9.17) is 0 Å². The van der Waals surface area contributed by atoms with Crippen LogP contribution in [0.25, 0.3) is 0 Å². The minimum atomic E-state index is -0.546. The molecule has 1 N–H and O–H groups in total. The van der Waals surface area contributed by atoms with Crippen molar-refractivity contribution < 1.29 is 4.39 Å². The van der Waals surface area contributed by atoms with Crippen LogP contribution in [-0.4, -0.2) is 9.78 Å². The number of halogens is 1. The van der Waals surface area contributed by atoms with E-state index in [0.29, 0.717) is 5.69 Å². The molecular weight excluding hydrogens is 243 g/mol. The Bertz CT molecular complexity index is 619. The van der Waals surface area contributed by atoms with Crippen LogP contribution in [0.4, 0.5) is 10.1 Å². The van der Waals surface area contributed by atoms with Gasteiger partial charge < -0.3 is 5.32 Å². The summed E-state index contributed by atoms with van der Waals surface area (Å²) >= 11 is 0. The maximum atomic E-state index is 13.3. The van der Waals surface area contributed by atoms with Crippen molar-refractivity contribution >= 4 is 5.69 Å². The molecule has 2 aromatic rings.